The molecule has 9 nitrogen and oxygen atoms in total. The van der Waals surface area contributed by atoms with Crippen LogP contribution in [-0.2, 0) is 28.6 Å². The minimum atomic E-state index is -3.96. The van der Waals surface area contributed by atoms with Crippen LogP contribution in [-0.4, -0.2) is 47.4 Å². The van der Waals surface area contributed by atoms with E-state index < -0.39 is 33.7 Å². The molecule has 1 aromatic heterocycles. The van der Waals surface area contributed by atoms with Crippen LogP contribution in [0, 0.1) is 0 Å². The van der Waals surface area contributed by atoms with Crippen LogP contribution < -0.4 is 10.1 Å². The Morgan fingerprint density at radius 1 is 1.10 bits per heavy atom. The zero-order chi connectivity index (χ0) is 29.7. The molecule has 0 saturated heterocycles. The number of amides is 1. The summed E-state index contributed by atoms with van der Waals surface area (Å²) in [6.45, 7) is 2.03. The highest BCUT2D eigenvalue weighted by Crippen LogP contribution is 2.36. The van der Waals surface area contributed by atoms with Crippen molar-refractivity contribution in [2.24, 2.45) is 0 Å². The third kappa shape index (κ3) is 6.78. The number of carbonyl (C=O) groups is 2. The number of ketones is 1. The van der Waals surface area contributed by atoms with E-state index in [2.05, 4.69) is 10.3 Å². The minimum Gasteiger partial charge on any atom is -0.484 e. The molecule has 1 aliphatic rings. The molecule has 1 amide bonds. The van der Waals surface area contributed by atoms with Gasteiger partial charge < -0.3 is 19.7 Å². The first kappa shape index (κ1) is 29.2. The summed E-state index contributed by atoms with van der Waals surface area (Å²) in [6, 6.07) is 18.9. The minimum absolute atomic E-state index is 0.0174. The number of fused-ring (bicyclic) bond motifs is 1. The molecule has 42 heavy (non-hydrogen) atoms. The average Bonchev–Trinajstić information content (AvgIpc) is 3.50. The number of aliphatic hydroxyl groups is 1. The Labute approximate surface area is 245 Å². The first-order chi connectivity index (χ1) is 20.2. The molecule has 0 fully saturated rings. The molecule has 5 rings (SSSR count). The molecular formula is C32H33N3O6S. The SMILES string of the molecule is CC(O)CNC(=O)c1cccc(S(=O)(=O)Cc2c(O[C@H](Cn3ccnc3)c3ccccc3)ccc3c2CCCC3=O)c1. The zero-order valence-corrected chi connectivity index (χ0v) is 24.1. The predicted octanol–water partition coefficient (Wildman–Crippen LogP) is 4.31. The van der Waals surface area contributed by atoms with Gasteiger partial charge in [-0.2, -0.15) is 0 Å². The van der Waals surface area contributed by atoms with Gasteiger partial charge >= 0.3 is 0 Å². The monoisotopic (exact) mass is 587 g/mol. The summed E-state index contributed by atoms with van der Waals surface area (Å²) in [5.41, 5.74) is 2.74. The Morgan fingerprint density at radius 3 is 2.64 bits per heavy atom. The highest BCUT2D eigenvalue weighted by Gasteiger charge is 2.28. The van der Waals surface area contributed by atoms with Crippen molar-refractivity contribution in [3.8, 4) is 5.75 Å². The Morgan fingerprint density at radius 2 is 1.90 bits per heavy atom. The number of benzene rings is 3. The number of carbonyl (C=O) groups excluding carboxylic acids is 2. The van der Waals surface area contributed by atoms with E-state index in [0.717, 1.165) is 5.56 Å². The van der Waals surface area contributed by atoms with Gasteiger partial charge in [-0.3, -0.25) is 9.59 Å². The lowest BCUT2D eigenvalue weighted by Crippen LogP contribution is -2.30. The first-order valence-corrected chi connectivity index (χ1v) is 15.5. The van der Waals surface area contributed by atoms with Crippen molar-refractivity contribution in [2.75, 3.05) is 6.54 Å². The molecule has 0 spiro atoms. The third-order valence-electron chi connectivity index (χ3n) is 7.24. The normalized spacial score (nSPS) is 14.6. The van der Waals surface area contributed by atoms with Crippen LogP contribution in [0.25, 0.3) is 0 Å². The lowest BCUT2D eigenvalue weighted by Gasteiger charge is -2.26. The summed E-state index contributed by atoms with van der Waals surface area (Å²) in [5.74, 6) is -0.502. The van der Waals surface area contributed by atoms with Crippen molar-refractivity contribution in [3.63, 3.8) is 0 Å². The van der Waals surface area contributed by atoms with Crippen LogP contribution in [0.5, 0.6) is 5.75 Å². The van der Waals surface area contributed by atoms with E-state index in [1.165, 1.54) is 24.3 Å². The van der Waals surface area contributed by atoms with Crippen molar-refractivity contribution in [3.05, 3.63) is 113 Å². The molecule has 10 heteroatoms. The molecular weight excluding hydrogens is 554 g/mol. The topological polar surface area (TPSA) is 128 Å². The van der Waals surface area contributed by atoms with E-state index in [4.69, 9.17) is 4.74 Å². The Bertz CT molecular complexity index is 1670. The van der Waals surface area contributed by atoms with Crippen molar-refractivity contribution >= 4 is 21.5 Å². The average molecular weight is 588 g/mol. The first-order valence-electron chi connectivity index (χ1n) is 13.9. The Hall–Kier alpha value is -4.28. The Balaban J connectivity index is 1.52. The molecule has 2 N–H and O–H groups in total. The van der Waals surface area contributed by atoms with E-state index >= 15 is 0 Å². The number of imidazole rings is 1. The summed E-state index contributed by atoms with van der Waals surface area (Å²) in [5, 5.41) is 12.1. The second kappa shape index (κ2) is 12.7. The summed E-state index contributed by atoms with van der Waals surface area (Å²) in [7, 11) is -3.96. The summed E-state index contributed by atoms with van der Waals surface area (Å²) in [4.78, 5) is 29.5. The van der Waals surface area contributed by atoms with Crippen molar-refractivity contribution < 1.29 is 27.9 Å². The fraction of sp³-hybridized carbons (Fsp3) is 0.281. The second-order valence-electron chi connectivity index (χ2n) is 10.5. The van der Waals surface area contributed by atoms with Gasteiger partial charge in [-0.05, 0) is 61.2 Å². The van der Waals surface area contributed by atoms with Gasteiger partial charge in [0, 0.05) is 42.0 Å². The molecule has 1 heterocycles. The van der Waals surface area contributed by atoms with E-state index in [1.54, 1.807) is 31.6 Å². The fourth-order valence-electron chi connectivity index (χ4n) is 5.11. The van der Waals surface area contributed by atoms with Crippen LogP contribution in [0.2, 0.25) is 0 Å². The van der Waals surface area contributed by atoms with Gasteiger partial charge in [-0.1, -0.05) is 36.4 Å². The number of nitrogens with one attached hydrogen (secondary N) is 1. The highest BCUT2D eigenvalue weighted by atomic mass is 32.2. The standard InChI is InChI=1S/C32H33N3O6S/c1-22(36)18-34-32(38)24-9-5-10-25(17-24)42(39,40)20-28-26-11-6-12-29(37)27(26)13-14-30(28)41-31(19-35-16-15-33-21-35)23-7-3-2-4-8-23/h2-5,7-10,13-17,21-22,31,36H,6,11-12,18-20H2,1H3,(H,34,38)/t22?,31-/m1/s1. The lowest BCUT2D eigenvalue weighted by atomic mass is 9.87. The lowest BCUT2D eigenvalue weighted by molar-refractivity contribution is 0.0923. The summed E-state index contributed by atoms with van der Waals surface area (Å²) >= 11 is 0. The van der Waals surface area contributed by atoms with Gasteiger partial charge in [0.1, 0.15) is 11.9 Å². The van der Waals surface area contributed by atoms with E-state index in [0.29, 0.717) is 48.2 Å². The van der Waals surface area contributed by atoms with Gasteiger partial charge in [0.15, 0.2) is 15.6 Å². The zero-order valence-electron chi connectivity index (χ0n) is 23.3. The molecule has 3 aromatic carbocycles. The maximum Gasteiger partial charge on any atom is 0.251 e. The molecule has 218 valence electrons. The molecule has 0 bridgehead atoms. The number of aromatic nitrogens is 2. The third-order valence-corrected chi connectivity index (χ3v) is 8.88. The van der Waals surface area contributed by atoms with Gasteiger partial charge in [-0.25, -0.2) is 13.4 Å². The number of ether oxygens (including phenoxy) is 1. The number of hydrogen-bond acceptors (Lipinski definition) is 7. The van der Waals surface area contributed by atoms with Gasteiger partial charge in [0.05, 0.1) is 29.6 Å². The number of aliphatic hydroxyl groups excluding tert-OH is 1. The number of nitrogens with zero attached hydrogens (tertiary/aromatic N) is 2. The van der Waals surface area contributed by atoms with Crippen molar-refractivity contribution in [1.82, 2.24) is 14.9 Å². The van der Waals surface area contributed by atoms with E-state index in [9.17, 15) is 23.1 Å². The molecule has 1 unspecified atom stereocenters. The quantitative estimate of drug-likeness (QED) is 0.268. The van der Waals surface area contributed by atoms with Crippen LogP contribution in [0.15, 0.2) is 90.3 Å². The van der Waals surface area contributed by atoms with Gasteiger partial charge in [0.25, 0.3) is 5.91 Å². The smallest absolute Gasteiger partial charge is 0.251 e. The highest BCUT2D eigenvalue weighted by molar-refractivity contribution is 7.90. The van der Waals surface area contributed by atoms with Crippen molar-refractivity contribution in [1.29, 1.82) is 0 Å². The number of Topliss-reactive ketones (excluding diaryl/α,β-unsaturated/α-hetero) is 1. The summed E-state index contributed by atoms with van der Waals surface area (Å²) in [6.07, 6.45) is 5.61. The Kier molecular flexibility index (Phi) is 8.84. The molecule has 4 aromatic rings. The van der Waals surface area contributed by atoms with Gasteiger partial charge in [-0.15, -0.1) is 0 Å². The molecule has 1 aliphatic carbocycles. The van der Waals surface area contributed by atoms with Crippen molar-refractivity contribution in [2.45, 2.75) is 55.6 Å². The number of hydrogen-bond donors (Lipinski definition) is 2. The number of sulfone groups is 1. The maximum atomic E-state index is 13.8. The van der Waals surface area contributed by atoms with Crippen LogP contribution in [0.1, 0.15) is 63.3 Å². The molecule has 0 saturated carbocycles. The fourth-order valence-corrected chi connectivity index (χ4v) is 6.57. The molecule has 0 aliphatic heterocycles. The maximum absolute atomic E-state index is 13.8. The molecule has 2 atom stereocenters. The van der Waals surface area contributed by atoms with Crippen LogP contribution in [0.4, 0.5) is 0 Å². The molecule has 0 radical (unpaired) electrons. The second-order valence-corrected chi connectivity index (χ2v) is 12.5. The predicted molar refractivity (Wildman–Crippen MR) is 157 cm³/mol. The summed E-state index contributed by atoms with van der Waals surface area (Å²) < 4.78 is 36.2. The van der Waals surface area contributed by atoms with Crippen LogP contribution >= 0.6 is 0 Å². The largest absolute Gasteiger partial charge is 0.484 e. The van der Waals surface area contributed by atoms with Crippen LogP contribution in [0.3, 0.4) is 0 Å². The van der Waals surface area contributed by atoms with E-state index in [-0.39, 0.29) is 22.8 Å². The number of rotatable bonds is 11. The van der Waals surface area contributed by atoms with E-state index in [1.807, 2.05) is 41.1 Å². The van der Waals surface area contributed by atoms with Gasteiger partial charge in [0.2, 0.25) is 0 Å².